The van der Waals surface area contributed by atoms with Crippen LogP contribution < -0.4 is 10.6 Å². The number of carbonyl (C=O) groups excluding carboxylic acids is 1. The summed E-state index contributed by atoms with van der Waals surface area (Å²) in [5.74, 6) is -0.886. The molecule has 1 fully saturated rings. The number of rotatable bonds is 5. The minimum absolute atomic E-state index is 0.0722. The Hall–Kier alpha value is -2.18. The largest absolute Gasteiger partial charge is 0.481 e. The van der Waals surface area contributed by atoms with Crippen molar-refractivity contribution in [1.82, 2.24) is 10.2 Å². The van der Waals surface area contributed by atoms with E-state index in [0.717, 1.165) is 32.1 Å². The number of aromatic nitrogens is 2. The van der Waals surface area contributed by atoms with Gasteiger partial charge < -0.3 is 15.7 Å². The molecule has 2 rings (SSSR count). The van der Waals surface area contributed by atoms with Gasteiger partial charge in [0.2, 0.25) is 0 Å². The quantitative estimate of drug-likeness (QED) is 0.843. The predicted molar refractivity (Wildman–Crippen MR) is 77.0 cm³/mol. The highest BCUT2D eigenvalue weighted by Gasteiger charge is 2.39. The van der Waals surface area contributed by atoms with E-state index in [1.165, 1.54) is 6.07 Å². The number of anilines is 1. The molecule has 3 N–H and O–H groups in total. The summed E-state index contributed by atoms with van der Waals surface area (Å²) in [6.07, 6.45) is 4.84. The van der Waals surface area contributed by atoms with E-state index in [1.54, 1.807) is 6.07 Å². The van der Waals surface area contributed by atoms with E-state index in [4.69, 9.17) is 5.73 Å². The normalized spacial score (nSPS) is 17.2. The van der Waals surface area contributed by atoms with Crippen molar-refractivity contribution in [2.24, 2.45) is 5.73 Å². The molecule has 1 saturated carbocycles. The molecule has 1 amide bonds. The third-order valence-electron chi connectivity index (χ3n) is 4.22. The van der Waals surface area contributed by atoms with Crippen LogP contribution in [0.25, 0.3) is 0 Å². The van der Waals surface area contributed by atoms with Crippen LogP contribution in [-0.2, 0) is 4.79 Å². The van der Waals surface area contributed by atoms with Gasteiger partial charge in [0.1, 0.15) is 0 Å². The van der Waals surface area contributed by atoms with Gasteiger partial charge in [-0.25, -0.2) is 0 Å². The van der Waals surface area contributed by atoms with Crippen molar-refractivity contribution < 1.29 is 14.7 Å². The van der Waals surface area contributed by atoms with E-state index in [2.05, 4.69) is 10.2 Å². The topological polar surface area (TPSA) is 109 Å². The molecule has 0 saturated heterocycles. The first kappa shape index (κ1) is 15.2. The maximum Gasteiger partial charge on any atom is 0.305 e. The van der Waals surface area contributed by atoms with Crippen molar-refractivity contribution in [1.29, 1.82) is 0 Å². The van der Waals surface area contributed by atoms with E-state index >= 15 is 0 Å². The maximum atomic E-state index is 11.2. The summed E-state index contributed by atoms with van der Waals surface area (Å²) in [4.78, 5) is 24.1. The first-order valence-electron chi connectivity index (χ1n) is 7.04. The molecule has 0 aliphatic heterocycles. The van der Waals surface area contributed by atoms with Crippen LogP contribution in [-0.4, -0.2) is 39.8 Å². The third-order valence-corrected chi connectivity index (χ3v) is 4.22. The zero-order valence-electron chi connectivity index (χ0n) is 12.1. The Balaban J connectivity index is 2.26. The van der Waals surface area contributed by atoms with Gasteiger partial charge in [-0.15, -0.1) is 10.2 Å². The minimum atomic E-state index is -0.814. The Labute approximate surface area is 123 Å². The molecule has 0 unspecified atom stereocenters. The molecule has 1 aromatic heterocycles. The standard InChI is InChI=1S/C14H20N4O3/c1-18(11-6-5-10(13(15)21)16-17-11)14(9-12(19)20)7-3-2-4-8-14/h5-6H,2-4,7-9H2,1H3,(H2,15,21)(H,19,20). The highest BCUT2D eigenvalue weighted by molar-refractivity contribution is 5.90. The van der Waals surface area contributed by atoms with Crippen LogP contribution in [0.2, 0.25) is 0 Å². The number of carboxylic acids is 1. The highest BCUT2D eigenvalue weighted by Crippen LogP contribution is 2.37. The lowest BCUT2D eigenvalue weighted by Crippen LogP contribution is -2.50. The summed E-state index contributed by atoms with van der Waals surface area (Å²) >= 11 is 0. The molecular weight excluding hydrogens is 272 g/mol. The van der Waals surface area contributed by atoms with Crippen molar-refractivity contribution in [3.63, 3.8) is 0 Å². The number of nitrogens with two attached hydrogens (primary N) is 1. The number of aliphatic carboxylic acids is 1. The van der Waals surface area contributed by atoms with Gasteiger partial charge in [0.15, 0.2) is 11.5 Å². The molecule has 7 nitrogen and oxygen atoms in total. The van der Waals surface area contributed by atoms with Gasteiger partial charge in [-0.3, -0.25) is 9.59 Å². The van der Waals surface area contributed by atoms with Crippen molar-refractivity contribution in [3.8, 4) is 0 Å². The fourth-order valence-electron chi connectivity index (χ4n) is 3.00. The average molecular weight is 292 g/mol. The van der Waals surface area contributed by atoms with Crippen molar-refractivity contribution in [2.75, 3.05) is 11.9 Å². The van der Waals surface area contributed by atoms with Crippen LogP contribution >= 0.6 is 0 Å². The van der Waals surface area contributed by atoms with Crippen molar-refractivity contribution >= 4 is 17.7 Å². The second kappa shape index (κ2) is 6.07. The third kappa shape index (κ3) is 3.29. The summed E-state index contributed by atoms with van der Waals surface area (Å²) in [7, 11) is 1.84. The van der Waals surface area contributed by atoms with Crippen LogP contribution in [0.15, 0.2) is 12.1 Å². The fourth-order valence-corrected chi connectivity index (χ4v) is 3.00. The zero-order chi connectivity index (χ0) is 15.5. The van der Waals surface area contributed by atoms with Crippen LogP contribution in [0.3, 0.4) is 0 Å². The Bertz CT molecular complexity index is 524. The van der Waals surface area contributed by atoms with Gasteiger partial charge in [-0.1, -0.05) is 19.3 Å². The van der Waals surface area contributed by atoms with Crippen molar-refractivity contribution in [2.45, 2.75) is 44.1 Å². The molecular formula is C14H20N4O3. The molecule has 0 aromatic carbocycles. The summed E-state index contributed by atoms with van der Waals surface area (Å²) in [6.45, 7) is 0. The van der Waals surface area contributed by atoms with Gasteiger partial charge in [-0.05, 0) is 25.0 Å². The summed E-state index contributed by atoms with van der Waals surface area (Å²) < 4.78 is 0. The highest BCUT2D eigenvalue weighted by atomic mass is 16.4. The Morgan fingerprint density at radius 3 is 2.43 bits per heavy atom. The Kier molecular flexibility index (Phi) is 4.40. The van der Waals surface area contributed by atoms with E-state index in [-0.39, 0.29) is 12.1 Å². The van der Waals surface area contributed by atoms with Gasteiger partial charge in [0.25, 0.3) is 5.91 Å². The predicted octanol–water partition coefficient (Wildman–Crippen LogP) is 1.19. The van der Waals surface area contributed by atoms with Crippen LogP contribution in [0.5, 0.6) is 0 Å². The second-order valence-corrected chi connectivity index (χ2v) is 5.56. The van der Waals surface area contributed by atoms with Gasteiger partial charge in [-0.2, -0.15) is 0 Å². The zero-order valence-corrected chi connectivity index (χ0v) is 12.1. The van der Waals surface area contributed by atoms with Gasteiger partial charge in [0.05, 0.1) is 12.0 Å². The fraction of sp³-hybridized carbons (Fsp3) is 0.571. The maximum absolute atomic E-state index is 11.2. The number of amides is 1. The Morgan fingerprint density at radius 2 is 1.95 bits per heavy atom. The number of hydrogen-bond acceptors (Lipinski definition) is 5. The van der Waals surface area contributed by atoms with E-state index in [0.29, 0.717) is 5.82 Å². The first-order valence-corrected chi connectivity index (χ1v) is 7.04. The molecule has 0 spiro atoms. The van der Waals surface area contributed by atoms with Crippen molar-refractivity contribution in [3.05, 3.63) is 17.8 Å². The molecule has 1 aliphatic rings. The summed E-state index contributed by atoms with van der Waals surface area (Å²) in [6, 6.07) is 3.17. The lowest BCUT2D eigenvalue weighted by atomic mass is 9.78. The van der Waals surface area contributed by atoms with E-state index in [1.807, 2.05) is 11.9 Å². The SMILES string of the molecule is CN(c1ccc(C(N)=O)nn1)C1(CC(=O)O)CCCCC1. The molecule has 0 atom stereocenters. The molecule has 0 radical (unpaired) electrons. The Morgan fingerprint density at radius 1 is 1.29 bits per heavy atom. The summed E-state index contributed by atoms with van der Waals surface area (Å²) in [5.41, 5.74) is 4.80. The average Bonchev–Trinajstić information content (AvgIpc) is 2.47. The van der Waals surface area contributed by atoms with E-state index < -0.39 is 17.4 Å². The lowest BCUT2D eigenvalue weighted by Gasteiger charge is -2.44. The molecule has 0 bridgehead atoms. The number of nitrogens with zero attached hydrogens (tertiary/aromatic N) is 3. The number of primary amides is 1. The monoisotopic (exact) mass is 292 g/mol. The van der Waals surface area contributed by atoms with Gasteiger partial charge in [0, 0.05) is 7.05 Å². The van der Waals surface area contributed by atoms with Crippen LogP contribution in [0, 0.1) is 0 Å². The molecule has 1 heterocycles. The van der Waals surface area contributed by atoms with Crippen LogP contribution in [0.1, 0.15) is 49.0 Å². The minimum Gasteiger partial charge on any atom is -0.481 e. The molecule has 1 aliphatic carbocycles. The second-order valence-electron chi connectivity index (χ2n) is 5.56. The van der Waals surface area contributed by atoms with E-state index in [9.17, 15) is 14.7 Å². The van der Waals surface area contributed by atoms with Crippen LogP contribution in [0.4, 0.5) is 5.82 Å². The summed E-state index contributed by atoms with van der Waals surface area (Å²) in [5, 5.41) is 17.0. The lowest BCUT2D eigenvalue weighted by molar-refractivity contribution is -0.138. The molecule has 7 heteroatoms. The molecule has 21 heavy (non-hydrogen) atoms. The van der Waals surface area contributed by atoms with Gasteiger partial charge >= 0.3 is 5.97 Å². The number of carbonyl (C=O) groups is 2. The molecule has 1 aromatic rings. The smallest absolute Gasteiger partial charge is 0.305 e. The number of carboxylic acid groups (broad SMARTS) is 1. The first-order chi connectivity index (χ1) is 9.94. The molecule has 114 valence electrons. The number of hydrogen-bond donors (Lipinski definition) is 2.